The first kappa shape index (κ1) is 18.0. The van der Waals surface area contributed by atoms with Gasteiger partial charge in [-0.2, -0.15) is 0 Å². The van der Waals surface area contributed by atoms with Gasteiger partial charge in [-0.3, -0.25) is 9.59 Å². The summed E-state index contributed by atoms with van der Waals surface area (Å²) in [5.41, 5.74) is 3.49. The van der Waals surface area contributed by atoms with Crippen LogP contribution in [0.15, 0.2) is 42.5 Å². The lowest BCUT2D eigenvalue weighted by molar-refractivity contribution is -0.120. The Morgan fingerprint density at radius 2 is 1.88 bits per heavy atom. The fraction of sp³-hybridized carbons (Fsp3) is 0.263. The van der Waals surface area contributed by atoms with Crippen LogP contribution >= 0.6 is 11.6 Å². The summed E-state index contributed by atoms with van der Waals surface area (Å²) < 4.78 is 0. The summed E-state index contributed by atoms with van der Waals surface area (Å²) in [6.45, 7) is 5.36. The normalized spacial score (nSPS) is 10.3. The van der Waals surface area contributed by atoms with E-state index in [4.69, 9.17) is 11.6 Å². The molecule has 0 aliphatic heterocycles. The van der Waals surface area contributed by atoms with Crippen LogP contribution in [0.4, 0.5) is 11.4 Å². The molecule has 0 saturated heterocycles. The van der Waals surface area contributed by atoms with E-state index < -0.39 is 0 Å². The molecule has 4 nitrogen and oxygen atoms in total. The fourth-order valence-corrected chi connectivity index (χ4v) is 2.74. The Morgan fingerprint density at radius 1 is 1.17 bits per heavy atom. The van der Waals surface area contributed by atoms with Gasteiger partial charge in [-0.05, 0) is 42.7 Å². The molecule has 0 radical (unpaired) electrons. The Bertz CT molecular complexity index is 759. The second-order valence-corrected chi connectivity index (χ2v) is 6.03. The van der Waals surface area contributed by atoms with Crippen LogP contribution in [0.2, 0.25) is 5.02 Å². The Kier molecular flexibility index (Phi) is 5.99. The number of benzene rings is 2. The Balaban J connectivity index is 2.19. The molecule has 0 heterocycles. The minimum absolute atomic E-state index is 0.0623. The monoisotopic (exact) mass is 344 g/mol. The zero-order valence-corrected chi connectivity index (χ0v) is 14.9. The minimum atomic E-state index is -0.242. The van der Waals surface area contributed by atoms with Gasteiger partial charge < -0.3 is 10.2 Å². The predicted octanol–water partition coefficient (Wildman–Crippen LogP) is 4.20. The fourth-order valence-electron chi connectivity index (χ4n) is 2.55. The van der Waals surface area contributed by atoms with Crippen LogP contribution in [0, 0.1) is 6.92 Å². The Labute approximate surface area is 147 Å². The van der Waals surface area contributed by atoms with Crippen LogP contribution in [-0.4, -0.2) is 18.4 Å². The maximum Gasteiger partial charge on any atom is 0.244 e. The number of nitrogens with zero attached hydrogens (tertiary/aromatic N) is 1. The van der Waals surface area contributed by atoms with Crippen molar-refractivity contribution in [1.29, 1.82) is 0 Å². The molecular formula is C19H21ClN2O2. The summed E-state index contributed by atoms with van der Waals surface area (Å²) >= 11 is 5.98. The van der Waals surface area contributed by atoms with Crippen molar-refractivity contribution in [3.05, 3.63) is 58.6 Å². The molecule has 2 aromatic rings. The highest BCUT2D eigenvalue weighted by Gasteiger charge is 2.17. The van der Waals surface area contributed by atoms with Gasteiger partial charge in [0, 0.05) is 23.3 Å². The number of halogens is 1. The summed E-state index contributed by atoms with van der Waals surface area (Å²) in [7, 11) is 0. The van der Waals surface area contributed by atoms with Gasteiger partial charge in [-0.25, -0.2) is 0 Å². The third-order valence-corrected chi connectivity index (χ3v) is 4.04. The molecule has 24 heavy (non-hydrogen) atoms. The number of anilines is 2. The molecule has 0 aliphatic rings. The van der Waals surface area contributed by atoms with Crippen molar-refractivity contribution in [3.63, 3.8) is 0 Å². The predicted molar refractivity (Wildman–Crippen MR) is 98.7 cm³/mol. The van der Waals surface area contributed by atoms with Crippen LogP contribution in [-0.2, 0) is 16.0 Å². The van der Waals surface area contributed by atoms with E-state index in [1.165, 1.54) is 11.8 Å². The van der Waals surface area contributed by atoms with E-state index in [1.54, 1.807) is 24.3 Å². The van der Waals surface area contributed by atoms with E-state index in [2.05, 4.69) is 5.32 Å². The van der Waals surface area contributed by atoms with Crippen molar-refractivity contribution in [2.45, 2.75) is 27.2 Å². The van der Waals surface area contributed by atoms with Gasteiger partial charge in [-0.15, -0.1) is 0 Å². The summed E-state index contributed by atoms with van der Waals surface area (Å²) in [4.78, 5) is 25.8. The zero-order chi connectivity index (χ0) is 17.7. The van der Waals surface area contributed by atoms with Gasteiger partial charge in [0.2, 0.25) is 11.8 Å². The Morgan fingerprint density at radius 3 is 2.50 bits per heavy atom. The molecule has 2 amide bonds. The summed E-state index contributed by atoms with van der Waals surface area (Å²) in [5, 5.41) is 3.45. The van der Waals surface area contributed by atoms with E-state index in [0.717, 1.165) is 23.2 Å². The number of aryl methyl sites for hydroxylation is 2. The average Bonchev–Trinajstić information content (AvgIpc) is 2.54. The molecule has 0 aliphatic carbocycles. The molecule has 2 aromatic carbocycles. The highest BCUT2D eigenvalue weighted by Crippen LogP contribution is 2.22. The molecule has 0 unspecified atom stereocenters. The smallest absolute Gasteiger partial charge is 0.244 e. The lowest BCUT2D eigenvalue weighted by Crippen LogP contribution is -2.36. The van der Waals surface area contributed by atoms with E-state index in [0.29, 0.717) is 10.7 Å². The number of para-hydroxylation sites is 1. The van der Waals surface area contributed by atoms with Crippen molar-refractivity contribution in [1.82, 2.24) is 0 Å². The number of rotatable bonds is 5. The molecule has 0 atom stereocenters. The number of carbonyl (C=O) groups excluding carboxylic acids is 2. The maximum atomic E-state index is 12.5. The van der Waals surface area contributed by atoms with E-state index in [-0.39, 0.29) is 18.4 Å². The quantitative estimate of drug-likeness (QED) is 0.883. The topological polar surface area (TPSA) is 49.4 Å². The first-order valence-electron chi connectivity index (χ1n) is 7.84. The SMILES string of the molecule is CCc1cccc(C)c1NC(=O)CN(C(C)=O)c1cccc(Cl)c1. The molecule has 0 aromatic heterocycles. The zero-order valence-electron chi connectivity index (χ0n) is 14.1. The summed E-state index contributed by atoms with van der Waals surface area (Å²) in [6.07, 6.45) is 0.821. The van der Waals surface area contributed by atoms with Gasteiger partial charge >= 0.3 is 0 Å². The van der Waals surface area contributed by atoms with E-state index >= 15 is 0 Å². The number of carbonyl (C=O) groups is 2. The number of amides is 2. The summed E-state index contributed by atoms with van der Waals surface area (Å²) in [5.74, 6) is -0.456. The number of hydrogen-bond acceptors (Lipinski definition) is 2. The van der Waals surface area contributed by atoms with Crippen LogP contribution in [0.25, 0.3) is 0 Å². The van der Waals surface area contributed by atoms with Crippen molar-refractivity contribution < 1.29 is 9.59 Å². The van der Waals surface area contributed by atoms with E-state index in [9.17, 15) is 9.59 Å². The highest BCUT2D eigenvalue weighted by atomic mass is 35.5. The van der Waals surface area contributed by atoms with Crippen molar-refractivity contribution in [2.24, 2.45) is 0 Å². The lowest BCUT2D eigenvalue weighted by Gasteiger charge is -2.21. The van der Waals surface area contributed by atoms with Crippen LogP contribution in [0.5, 0.6) is 0 Å². The first-order valence-corrected chi connectivity index (χ1v) is 8.22. The molecular weight excluding hydrogens is 324 g/mol. The van der Waals surface area contributed by atoms with Crippen LogP contribution in [0.3, 0.4) is 0 Å². The van der Waals surface area contributed by atoms with Gasteiger partial charge in [0.1, 0.15) is 6.54 Å². The number of hydrogen-bond donors (Lipinski definition) is 1. The summed E-state index contributed by atoms with van der Waals surface area (Å²) in [6, 6.07) is 12.8. The second-order valence-electron chi connectivity index (χ2n) is 5.60. The minimum Gasteiger partial charge on any atom is -0.324 e. The number of nitrogens with one attached hydrogen (secondary N) is 1. The third-order valence-electron chi connectivity index (χ3n) is 3.81. The molecule has 5 heteroatoms. The molecule has 2 rings (SSSR count). The standard InChI is InChI=1S/C19H21ClN2O2/c1-4-15-8-5-7-13(2)19(15)21-18(24)12-22(14(3)23)17-10-6-9-16(20)11-17/h5-11H,4,12H2,1-3H3,(H,21,24). The molecule has 0 spiro atoms. The van der Waals surface area contributed by atoms with E-state index in [1.807, 2.05) is 32.0 Å². The maximum absolute atomic E-state index is 12.5. The van der Waals surface area contributed by atoms with Crippen molar-refractivity contribution in [3.8, 4) is 0 Å². The van der Waals surface area contributed by atoms with Gasteiger partial charge in [-0.1, -0.05) is 42.8 Å². The van der Waals surface area contributed by atoms with Crippen LogP contribution in [0.1, 0.15) is 25.0 Å². The Hall–Kier alpha value is -2.33. The average molecular weight is 345 g/mol. The van der Waals surface area contributed by atoms with Crippen LogP contribution < -0.4 is 10.2 Å². The molecule has 0 bridgehead atoms. The molecule has 0 saturated carbocycles. The van der Waals surface area contributed by atoms with Crippen molar-refractivity contribution in [2.75, 3.05) is 16.8 Å². The van der Waals surface area contributed by atoms with Gasteiger partial charge in [0.25, 0.3) is 0 Å². The second kappa shape index (κ2) is 7.97. The molecule has 1 N–H and O–H groups in total. The highest BCUT2D eigenvalue weighted by molar-refractivity contribution is 6.31. The third kappa shape index (κ3) is 4.36. The lowest BCUT2D eigenvalue weighted by atomic mass is 10.1. The van der Waals surface area contributed by atoms with Gasteiger partial charge in [0.15, 0.2) is 0 Å². The largest absolute Gasteiger partial charge is 0.324 e. The first-order chi connectivity index (χ1) is 11.4. The molecule has 126 valence electrons. The van der Waals surface area contributed by atoms with Gasteiger partial charge in [0.05, 0.1) is 0 Å². The van der Waals surface area contributed by atoms with Crippen molar-refractivity contribution >= 4 is 34.8 Å². The molecule has 0 fully saturated rings.